The molecule has 14 atom stereocenters. The van der Waals surface area contributed by atoms with Crippen molar-refractivity contribution in [1.82, 2.24) is 4.90 Å². The number of cyclic esters (lactones) is 1. The number of ether oxygens (including phenoxy) is 5. The maximum absolute atomic E-state index is 14.3. The van der Waals surface area contributed by atoms with E-state index in [0.717, 1.165) is 5.57 Å². The molecule has 3 aliphatic heterocycles. The summed E-state index contributed by atoms with van der Waals surface area (Å²) in [4.78, 5) is 57.8. The summed E-state index contributed by atoms with van der Waals surface area (Å²) >= 11 is 0. The normalized spacial score (nSPS) is 40.1. The van der Waals surface area contributed by atoms with Crippen LogP contribution in [0.15, 0.2) is 36.0 Å². The number of aliphatic hydroxyl groups is 3. The Morgan fingerprint density at radius 1 is 0.930 bits per heavy atom. The highest BCUT2D eigenvalue weighted by Crippen LogP contribution is 2.39. The van der Waals surface area contributed by atoms with Crippen molar-refractivity contribution in [2.75, 3.05) is 27.9 Å². The van der Waals surface area contributed by atoms with Gasteiger partial charge in [0.15, 0.2) is 0 Å². The molecule has 1 aliphatic carbocycles. The van der Waals surface area contributed by atoms with Crippen molar-refractivity contribution in [3.05, 3.63) is 36.0 Å². The van der Waals surface area contributed by atoms with Crippen LogP contribution in [0, 0.1) is 29.6 Å². The second kappa shape index (κ2) is 21.0. The van der Waals surface area contributed by atoms with Crippen LogP contribution in [-0.2, 0) is 42.9 Å². The minimum Gasteiger partial charge on any atom is -0.456 e. The molecule has 0 spiro atoms. The number of esters is 1. The third kappa shape index (κ3) is 11.3. The van der Waals surface area contributed by atoms with Crippen LogP contribution in [0.2, 0.25) is 0 Å². The first-order chi connectivity index (χ1) is 27.0. The van der Waals surface area contributed by atoms with Gasteiger partial charge in [-0.2, -0.15) is 0 Å². The zero-order valence-electron chi connectivity index (χ0n) is 35.4. The van der Waals surface area contributed by atoms with E-state index < -0.39 is 83.9 Å². The van der Waals surface area contributed by atoms with E-state index in [9.17, 15) is 34.5 Å². The standard InChI is InChI=1S/C44H69NO12/c1-10-13-31-19-25(2)18-26(3)20-37(54-8)40-38(55-9)22-28(5)44(52,57-40)41(49)42(50)45-17-12-11-14-32(45)43(51)56-39(29(6)34(47)24-35(31)48)27(4)21-30-15-16-33(46)36(23-30)53-7/h10,19,21,26,28-34,36-40,46-47,52H,1,11-18,20,22-24H2,2-9H3/b25-19?,27-21+/t26-,28+,29+,30-,31+,32-,33+,34-,36+,37-,38-,39?,40+,44+/m0/s1. The molecule has 322 valence electrons. The molecule has 13 heteroatoms. The Hall–Kier alpha value is -2.78. The van der Waals surface area contributed by atoms with Gasteiger partial charge in [-0.25, -0.2) is 4.79 Å². The lowest BCUT2D eigenvalue weighted by molar-refractivity contribution is -0.302. The highest BCUT2D eigenvalue weighted by atomic mass is 16.7. The highest BCUT2D eigenvalue weighted by Gasteiger charge is 2.56. The van der Waals surface area contributed by atoms with E-state index in [4.69, 9.17) is 23.7 Å². The van der Waals surface area contributed by atoms with E-state index >= 15 is 0 Å². The van der Waals surface area contributed by atoms with E-state index in [1.807, 2.05) is 32.9 Å². The molecule has 4 aliphatic rings. The number of Topliss-reactive ketones (excluding diaryl/α,β-unsaturated/α-hetero) is 2. The predicted octanol–water partition coefficient (Wildman–Crippen LogP) is 4.64. The van der Waals surface area contributed by atoms with Gasteiger partial charge in [0.05, 0.1) is 30.5 Å². The lowest BCUT2D eigenvalue weighted by Gasteiger charge is -2.47. The first-order valence-corrected chi connectivity index (χ1v) is 20.9. The molecule has 57 heavy (non-hydrogen) atoms. The largest absolute Gasteiger partial charge is 0.456 e. The molecule has 1 saturated carbocycles. The van der Waals surface area contributed by atoms with Crippen molar-refractivity contribution in [2.45, 2.75) is 160 Å². The number of carbonyl (C=O) groups excluding carboxylic acids is 4. The number of carbonyl (C=O) groups is 4. The molecule has 3 N–H and O–H groups in total. The monoisotopic (exact) mass is 803 g/mol. The van der Waals surface area contributed by atoms with Crippen molar-refractivity contribution in [3.63, 3.8) is 0 Å². The summed E-state index contributed by atoms with van der Waals surface area (Å²) in [6, 6.07) is -1.14. The summed E-state index contributed by atoms with van der Waals surface area (Å²) in [5.41, 5.74) is 1.61. The molecule has 3 heterocycles. The van der Waals surface area contributed by atoms with Gasteiger partial charge in [0.1, 0.15) is 24.0 Å². The van der Waals surface area contributed by atoms with Gasteiger partial charge >= 0.3 is 5.97 Å². The van der Waals surface area contributed by atoms with Gasteiger partial charge in [-0.1, -0.05) is 44.6 Å². The minimum atomic E-state index is -2.51. The summed E-state index contributed by atoms with van der Waals surface area (Å²) in [5, 5.41) is 34.1. The summed E-state index contributed by atoms with van der Waals surface area (Å²) in [6.07, 6.45) is 4.93. The predicted molar refractivity (Wildman–Crippen MR) is 213 cm³/mol. The zero-order valence-corrected chi connectivity index (χ0v) is 35.4. The minimum absolute atomic E-state index is 0.00988. The van der Waals surface area contributed by atoms with Crippen LogP contribution in [0.3, 0.4) is 0 Å². The number of piperidine rings is 1. The molecule has 0 aromatic heterocycles. The van der Waals surface area contributed by atoms with Gasteiger partial charge in [-0.05, 0) is 95.5 Å². The number of fused-ring (bicyclic) bond motifs is 3. The lowest BCUT2D eigenvalue weighted by Crippen LogP contribution is -2.64. The second-order valence-electron chi connectivity index (χ2n) is 17.3. The Kier molecular flexibility index (Phi) is 17.2. The molecule has 0 radical (unpaired) electrons. The second-order valence-corrected chi connectivity index (χ2v) is 17.3. The third-order valence-electron chi connectivity index (χ3n) is 12.9. The number of ketones is 2. The Bertz CT molecular complexity index is 1480. The first-order valence-electron chi connectivity index (χ1n) is 20.9. The van der Waals surface area contributed by atoms with E-state index in [2.05, 4.69) is 6.58 Å². The summed E-state index contributed by atoms with van der Waals surface area (Å²) in [5.74, 6) is -7.76. The first kappa shape index (κ1) is 46.9. The van der Waals surface area contributed by atoms with Crippen LogP contribution < -0.4 is 0 Å². The molecule has 13 nitrogen and oxygen atoms in total. The van der Waals surface area contributed by atoms with Crippen LogP contribution in [0.1, 0.15) is 105 Å². The van der Waals surface area contributed by atoms with Crippen LogP contribution in [0.25, 0.3) is 0 Å². The van der Waals surface area contributed by atoms with Crippen LogP contribution in [0.4, 0.5) is 0 Å². The number of amides is 1. The summed E-state index contributed by atoms with van der Waals surface area (Å²) in [7, 11) is 4.61. The molecule has 2 bridgehead atoms. The summed E-state index contributed by atoms with van der Waals surface area (Å²) in [6.45, 7) is 13.1. The fraction of sp³-hybridized carbons (Fsp3) is 0.773. The highest BCUT2D eigenvalue weighted by molar-refractivity contribution is 6.39. The summed E-state index contributed by atoms with van der Waals surface area (Å²) < 4.78 is 29.7. The topological polar surface area (TPSA) is 178 Å². The average Bonchev–Trinajstić information content (AvgIpc) is 3.18. The maximum atomic E-state index is 14.3. The van der Waals surface area contributed by atoms with Crippen LogP contribution in [-0.4, -0.2) is 126 Å². The molecular weight excluding hydrogens is 734 g/mol. The third-order valence-corrected chi connectivity index (χ3v) is 12.9. The lowest BCUT2D eigenvalue weighted by atomic mass is 9.81. The fourth-order valence-electron chi connectivity index (χ4n) is 9.42. The van der Waals surface area contributed by atoms with Crippen molar-refractivity contribution in [3.8, 4) is 0 Å². The van der Waals surface area contributed by atoms with Crippen molar-refractivity contribution >= 4 is 23.4 Å². The number of rotatable bonds is 7. The van der Waals surface area contributed by atoms with Gasteiger partial charge in [0.2, 0.25) is 5.79 Å². The Morgan fingerprint density at radius 3 is 2.25 bits per heavy atom. The molecule has 0 aromatic carbocycles. The average molecular weight is 804 g/mol. The van der Waals surface area contributed by atoms with Gasteiger partial charge in [-0.15, -0.1) is 6.58 Å². The van der Waals surface area contributed by atoms with Crippen molar-refractivity contribution < 1.29 is 58.2 Å². The van der Waals surface area contributed by atoms with E-state index in [0.29, 0.717) is 56.9 Å². The molecule has 4 rings (SSSR count). The number of hydrogen-bond donors (Lipinski definition) is 3. The van der Waals surface area contributed by atoms with E-state index in [1.165, 1.54) is 19.1 Å². The van der Waals surface area contributed by atoms with Crippen molar-refractivity contribution in [2.24, 2.45) is 29.6 Å². The van der Waals surface area contributed by atoms with Gasteiger partial charge in [0.25, 0.3) is 11.7 Å². The number of nitrogens with zero attached hydrogens (tertiary/aromatic N) is 1. The van der Waals surface area contributed by atoms with Gasteiger partial charge in [0, 0.05) is 52.0 Å². The molecule has 0 aromatic rings. The zero-order chi connectivity index (χ0) is 42.2. The molecular formula is C44H69NO12. The van der Waals surface area contributed by atoms with Crippen LogP contribution >= 0.6 is 0 Å². The number of allylic oxidation sites excluding steroid dienone is 4. The maximum Gasteiger partial charge on any atom is 0.329 e. The number of methoxy groups -OCH3 is 3. The SMILES string of the molecule is C=CC[C@@H]1C=C(C)C[C@H](C)C[C@H](OC)[C@H]2O[C@@](O)(C(=O)C(=O)N3CCCC[C@H]3C(=O)OC(/C(C)=C/[C@@H]3CC[C@@H](O)[C@H](OC)C3)[C@H](C)[C@@H](O)CC1=O)[C@H](C)C[C@@H]2OC. The number of hydrogen-bond acceptors (Lipinski definition) is 12. The van der Waals surface area contributed by atoms with Crippen LogP contribution in [0.5, 0.6) is 0 Å². The van der Waals surface area contributed by atoms with Gasteiger partial charge in [-0.3, -0.25) is 14.4 Å². The van der Waals surface area contributed by atoms with E-state index in [1.54, 1.807) is 27.0 Å². The Balaban J connectivity index is 1.78. The van der Waals surface area contributed by atoms with E-state index in [-0.39, 0.29) is 49.5 Å². The Morgan fingerprint density at radius 2 is 1.60 bits per heavy atom. The van der Waals surface area contributed by atoms with Gasteiger partial charge < -0.3 is 43.9 Å². The Labute approximate surface area is 339 Å². The van der Waals surface area contributed by atoms with Crippen molar-refractivity contribution in [1.29, 1.82) is 0 Å². The number of aliphatic hydroxyl groups excluding tert-OH is 2. The molecule has 1 amide bonds. The molecule has 1 unspecified atom stereocenters. The molecule has 2 saturated heterocycles. The smallest absolute Gasteiger partial charge is 0.329 e. The fourth-order valence-corrected chi connectivity index (χ4v) is 9.42. The quantitative estimate of drug-likeness (QED) is 0.185. The molecule has 3 fully saturated rings.